The van der Waals surface area contributed by atoms with E-state index in [4.69, 9.17) is 21.1 Å². The number of amides is 1. The normalized spacial score (nSPS) is 24.9. The molecule has 2 unspecified atom stereocenters. The first-order chi connectivity index (χ1) is 12.9. The predicted molar refractivity (Wildman–Crippen MR) is 107 cm³/mol. The zero-order valence-corrected chi connectivity index (χ0v) is 17.4. The molecule has 2 atom stereocenters. The van der Waals surface area contributed by atoms with Crippen LogP contribution in [0.5, 0.6) is 11.5 Å². The quantitative estimate of drug-likeness (QED) is 0.631. The van der Waals surface area contributed by atoms with E-state index in [-0.39, 0.29) is 28.7 Å². The first-order valence-electron chi connectivity index (χ1n) is 8.39. The van der Waals surface area contributed by atoms with Crippen LogP contribution in [-0.2, 0) is 21.1 Å². The van der Waals surface area contributed by atoms with Gasteiger partial charge < -0.3 is 14.4 Å². The zero-order valence-electron chi connectivity index (χ0n) is 15.1. The highest BCUT2D eigenvalue weighted by molar-refractivity contribution is 8.15. The number of carbonyl (C=O) groups is 1. The van der Waals surface area contributed by atoms with Crippen LogP contribution in [0.4, 0.5) is 0 Å². The highest BCUT2D eigenvalue weighted by Gasteiger charge is 2.48. The van der Waals surface area contributed by atoms with E-state index in [1.807, 2.05) is 23.1 Å². The maximum Gasteiger partial charge on any atom is 0.262 e. The number of hydrogen-bond donors (Lipinski definition) is 0. The van der Waals surface area contributed by atoms with Gasteiger partial charge in [0.1, 0.15) is 5.88 Å². The Balaban J connectivity index is 1.79. The summed E-state index contributed by atoms with van der Waals surface area (Å²) in [6.07, 6.45) is 0.651. The second-order valence-corrected chi connectivity index (χ2v) is 9.98. The molecule has 2 saturated heterocycles. The van der Waals surface area contributed by atoms with Crippen LogP contribution >= 0.6 is 23.4 Å². The van der Waals surface area contributed by atoms with Gasteiger partial charge in [0, 0.05) is 11.8 Å². The van der Waals surface area contributed by atoms with Crippen LogP contribution in [0.3, 0.4) is 0 Å². The van der Waals surface area contributed by atoms with Crippen molar-refractivity contribution in [2.45, 2.75) is 17.7 Å². The van der Waals surface area contributed by atoms with Gasteiger partial charge in [0.25, 0.3) is 5.91 Å². The topological polar surface area (TPSA) is 85.3 Å². The number of rotatable bonds is 6. The van der Waals surface area contributed by atoms with Crippen LogP contribution in [0.25, 0.3) is 0 Å². The molecule has 0 N–H and O–H groups in total. The third kappa shape index (κ3) is 4.52. The number of amidine groups is 1. The molecule has 1 aromatic rings. The van der Waals surface area contributed by atoms with Crippen LogP contribution in [0.15, 0.2) is 23.2 Å². The van der Waals surface area contributed by atoms with Crippen LogP contribution < -0.4 is 9.47 Å². The molecule has 3 rings (SSSR count). The summed E-state index contributed by atoms with van der Waals surface area (Å²) in [5.74, 6) is 0.876. The third-order valence-corrected chi connectivity index (χ3v) is 8.08. The summed E-state index contributed by atoms with van der Waals surface area (Å²) >= 11 is 6.93. The average molecular weight is 433 g/mol. The van der Waals surface area contributed by atoms with Gasteiger partial charge in [-0.25, -0.2) is 8.42 Å². The molecule has 10 heteroatoms. The van der Waals surface area contributed by atoms with Crippen molar-refractivity contribution >= 4 is 44.3 Å². The van der Waals surface area contributed by atoms with E-state index in [1.54, 1.807) is 14.2 Å². The molecule has 2 aliphatic heterocycles. The van der Waals surface area contributed by atoms with Crippen molar-refractivity contribution in [1.82, 2.24) is 4.90 Å². The Kier molecular flexibility index (Phi) is 6.22. The Morgan fingerprint density at radius 2 is 2.04 bits per heavy atom. The van der Waals surface area contributed by atoms with Gasteiger partial charge in [-0.05, 0) is 24.1 Å². The molecule has 7 nitrogen and oxygen atoms in total. The second kappa shape index (κ2) is 8.28. The lowest BCUT2D eigenvalue weighted by Gasteiger charge is -2.24. The first kappa shape index (κ1) is 20.3. The van der Waals surface area contributed by atoms with Crippen molar-refractivity contribution < 1.29 is 22.7 Å². The third-order valence-electron chi connectivity index (χ3n) is 4.60. The van der Waals surface area contributed by atoms with Gasteiger partial charge in [0.2, 0.25) is 0 Å². The number of hydrogen-bond acceptors (Lipinski definition) is 6. The molecule has 1 aromatic carbocycles. The number of aliphatic imine (C=N–C) groups is 1. The molecular weight excluding hydrogens is 412 g/mol. The number of methoxy groups -OCH3 is 2. The average Bonchev–Trinajstić information content (AvgIpc) is 3.10. The Bertz CT molecular complexity index is 859. The fraction of sp³-hybridized carbons (Fsp3) is 0.529. The minimum Gasteiger partial charge on any atom is -0.493 e. The molecule has 0 radical (unpaired) electrons. The maximum atomic E-state index is 12.0. The van der Waals surface area contributed by atoms with Crippen molar-refractivity contribution in [3.8, 4) is 11.5 Å². The first-order valence-corrected chi connectivity index (χ1v) is 11.6. The standard InChI is InChI=1S/C17H21ClN2O5S2/c1-24-13-4-3-11(7-14(13)25-2)5-6-20-12-9-27(22,23)10-15(12)26-17(20)19-16(21)8-18/h3-4,7,12,15H,5-6,8-10H2,1-2H3. The van der Waals surface area contributed by atoms with E-state index >= 15 is 0 Å². The number of nitrogens with zero attached hydrogens (tertiary/aromatic N) is 2. The largest absolute Gasteiger partial charge is 0.493 e. The van der Waals surface area contributed by atoms with Crippen LogP contribution in [0.1, 0.15) is 5.56 Å². The van der Waals surface area contributed by atoms with Gasteiger partial charge in [-0.2, -0.15) is 4.99 Å². The van der Waals surface area contributed by atoms with Crippen molar-refractivity contribution in [3.05, 3.63) is 23.8 Å². The summed E-state index contributed by atoms with van der Waals surface area (Å²) in [4.78, 5) is 17.7. The monoisotopic (exact) mass is 432 g/mol. The zero-order chi connectivity index (χ0) is 19.6. The summed E-state index contributed by atoms with van der Waals surface area (Å²) in [5.41, 5.74) is 1.02. The van der Waals surface area contributed by atoms with Crippen molar-refractivity contribution in [1.29, 1.82) is 0 Å². The smallest absolute Gasteiger partial charge is 0.262 e. The molecule has 2 fully saturated rings. The summed E-state index contributed by atoms with van der Waals surface area (Å²) in [6, 6.07) is 5.50. The number of ether oxygens (including phenoxy) is 2. The fourth-order valence-electron chi connectivity index (χ4n) is 3.32. The number of fused-ring (bicyclic) bond motifs is 1. The molecular formula is C17H21ClN2O5S2. The lowest BCUT2D eigenvalue weighted by molar-refractivity contribution is -0.115. The number of alkyl halides is 1. The lowest BCUT2D eigenvalue weighted by atomic mass is 10.1. The molecule has 148 valence electrons. The molecule has 2 aliphatic rings. The highest BCUT2D eigenvalue weighted by Crippen LogP contribution is 2.38. The van der Waals surface area contributed by atoms with Crippen molar-refractivity contribution in [3.63, 3.8) is 0 Å². The lowest BCUT2D eigenvalue weighted by Crippen LogP contribution is -2.39. The van der Waals surface area contributed by atoms with Gasteiger partial charge >= 0.3 is 0 Å². The van der Waals surface area contributed by atoms with E-state index in [2.05, 4.69) is 4.99 Å². The minimum absolute atomic E-state index is 0.0880. The molecule has 0 saturated carbocycles. The van der Waals surface area contributed by atoms with E-state index in [0.29, 0.717) is 29.6 Å². The predicted octanol–water partition coefficient (Wildman–Crippen LogP) is 1.58. The number of sulfone groups is 1. The number of thioether (sulfide) groups is 1. The van der Waals surface area contributed by atoms with E-state index in [9.17, 15) is 13.2 Å². The summed E-state index contributed by atoms with van der Waals surface area (Å²) in [7, 11) is 0.0947. The van der Waals surface area contributed by atoms with Crippen LogP contribution in [-0.4, -0.2) is 73.8 Å². The van der Waals surface area contributed by atoms with Crippen molar-refractivity contribution in [2.75, 3.05) is 38.2 Å². The molecule has 0 spiro atoms. The SMILES string of the molecule is COc1ccc(CCN2C(=NC(=O)CCl)SC3CS(=O)(=O)CC32)cc1OC. The summed E-state index contributed by atoms with van der Waals surface area (Å²) in [5, 5.41) is 0.466. The van der Waals surface area contributed by atoms with Gasteiger partial charge in [0.15, 0.2) is 26.5 Å². The van der Waals surface area contributed by atoms with Gasteiger partial charge in [-0.1, -0.05) is 17.8 Å². The Morgan fingerprint density at radius 1 is 1.30 bits per heavy atom. The minimum atomic E-state index is -3.06. The van der Waals surface area contributed by atoms with E-state index in [1.165, 1.54) is 11.8 Å². The van der Waals surface area contributed by atoms with E-state index < -0.39 is 15.7 Å². The molecule has 1 amide bonds. The molecule has 27 heavy (non-hydrogen) atoms. The number of carbonyl (C=O) groups excluding carboxylic acids is 1. The van der Waals surface area contributed by atoms with Gasteiger partial charge in [-0.15, -0.1) is 11.6 Å². The molecule has 0 aromatic heterocycles. The Labute approximate surface area is 168 Å². The van der Waals surface area contributed by atoms with Crippen LogP contribution in [0.2, 0.25) is 0 Å². The second-order valence-electron chi connectivity index (χ2n) is 6.36. The maximum absolute atomic E-state index is 12.0. The van der Waals surface area contributed by atoms with Gasteiger partial charge in [0.05, 0.1) is 31.8 Å². The van der Waals surface area contributed by atoms with Crippen molar-refractivity contribution in [2.24, 2.45) is 4.99 Å². The molecule has 2 heterocycles. The van der Waals surface area contributed by atoms with Crippen LogP contribution in [0, 0.1) is 0 Å². The highest BCUT2D eigenvalue weighted by atomic mass is 35.5. The summed E-state index contributed by atoms with van der Waals surface area (Å²) in [6.45, 7) is 0.549. The Hall–Kier alpha value is -1.45. The molecule has 0 bridgehead atoms. The fourth-order valence-corrected chi connectivity index (χ4v) is 7.37. The number of halogens is 1. The Morgan fingerprint density at radius 3 is 2.70 bits per heavy atom. The summed E-state index contributed by atoms with van der Waals surface area (Å²) < 4.78 is 34.6. The molecule has 0 aliphatic carbocycles. The number of benzene rings is 1. The van der Waals surface area contributed by atoms with E-state index in [0.717, 1.165) is 5.56 Å². The van der Waals surface area contributed by atoms with Gasteiger partial charge in [-0.3, -0.25) is 4.79 Å².